The van der Waals surface area contributed by atoms with Crippen LogP contribution in [-0.4, -0.2) is 48.3 Å². The van der Waals surface area contributed by atoms with Gasteiger partial charge in [0.2, 0.25) is 0 Å². The Balaban J connectivity index is 2.17. The third-order valence-electron chi connectivity index (χ3n) is 3.25. The number of nitrogens with one attached hydrogen (secondary N) is 1. The van der Waals surface area contributed by atoms with Crippen LogP contribution in [0.3, 0.4) is 0 Å². The number of rotatable bonds is 5. The van der Waals surface area contributed by atoms with Crippen molar-refractivity contribution in [1.82, 2.24) is 10.2 Å². The van der Waals surface area contributed by atoms with Crippen molar-refractivity contribution in [1.29, 1.82) is 0 Å². The average Bonchev–Trinajstić information content (AvgIpc) is 2.18. The summed E-state index contributed by atoms with van der Waals surface area (Å²) in [6.07, 6.45) is 1.84. The number of likely N-dealkylation sites (tertiary alicyclic amines) is 1. The van der Waals surface area contributed by atoms with E-state index < -0.39 is 5.60 Å². The molecule has 2 N–H and O–H groups in total. The molecule has 0 spiro atoms. The summed E-state index contributed by atoms with van der Waals surface area (Å²) in [6.45, 7) is 11.8. The SMILES string of the molecule is CCNCC(C)CN1CCC(C)(O)CC1. The summed E-state index contributed by atoms with van der Waals surface area (Å²) in [6, 6.07) is 0. The largest absolute Gasteiger partial charge is 0.390 e. The van der Waals surface area contributed by atoms with Gasteiger partial charge in [0.1, 0.15) is 0 Å². The highest BCUT2D eigenvalue weighted by molar-refractivity contribution is 4.82. The lowest BCUT2D eigenvalue weighted by atomic mass is 9.93. The van der Waals surface area contributed by atoms with Crippen LogP contribution in [0, 0.1) is 5.92 Å². The Bertz CT molecular complexity index is 172. The summed E-state index contributed by atoms with van der Waals surface area (Å²) in [7, 11) is 0. The van der Waals surface area contributed by atoms with Crippen LogP contribution in [0.15, 0.2) is 0 Å². The molecular formula is C12H26N2O. The third kappa shape index (κ3) is 4.96. The second kappa shape index (κ2) is 5.83. The highest BCUT2D eigenvalue weighted by Crippen LogP contribution is 2.21. The summed E-state index contributed by atoms with van der Waals surface area (Å²) in [4.78, 5) is 2.47. The van der Waals surface area contributed by atoms with E-state index in [4.69, 9.17) is 0 Å². The topological polar surface area (TPSA) is 35.5 Å². The Kier molecular flexibility index (Phi) is 5.03. The maximum Gasteiger partial charge on any atom is 0.0644 e. The zero-order valence-electron chi connectivity index (χ0n) is 10.4. The number of hydrogen-bond acceptors (Lipinski definition) is 3. The molecule has 1 heterocycles. The van der Waals surface area contributed by atoms with Crippen molar-refractivity contribution < 1.29 is 5.11 Å². The lowest BCUT2D eigenvalue weighted by Gasteiger charge is -2.36. The molecule has 1 unspecified atom stereocenters. The Morgan fingerprint density at radius 3 is 2.53 bits per heavy atom. The predicted octanol–water partition coefficient (Wildman–Crippen LogP) is 1.08. The van der Waals surface area contributed by atoms with Gasteiger partial charge in [-0.1, -0.05) is 13.8 Å². The Labute approximate surface area is 93.9 Å². The van der Waals surface area contributed by atoms with Crippen molar-refractivity contribution in [3.63, 3.8) is 0 Å². The number of hydrogen-bond donors (Lipinski definition) is 2. The summed E-state index contributed by atoms with van der Waals surface area (Å²) in [5.74, 6) is 0.702. The van der Waals surface area contributed by atoms with Gasteiger partial charge in [-0.3, -0.25) is 0 Å². The molecule has 1 saturated heterocycles. The molecule has 0 amide bonds. The van der Waals surface area contributed by atoms with Crippen molar-refractivity contribution >= 4 is 0 Å². The van der Waals surface area contributed by atoms with E-state index in [2.05, 4.69) is 24.1 Å². The van der Waals surface area contributed by atoms with Gasteiger partial charge in [-0.05, 0) is 38.8 Å². The van der Waals surface area contributed by atoms with E-state index in [-0.39, 0.29) is 0 Å². The maximum atomic E-state index is 9.83. The van der Waals surface area contributed by atoms with Gasteiger partial charge in [-0.25, -0.2) is 0 Å². The van der Waals surface area contributed by atoms with Crippen LogP contribution >= 0.6 is 0 Å². The van der Waals surface area contributed by atoms with Crippen LogP contribution in [-0.2, 0) is 0 Å². The fraction of sp³-hybridized carbons (Fsp3) is 1.00. The third-order valence-corrected chi connectivity index (χ3v) is 3.25. The lowest BCUT2D eigenvalue weighted by Crippen LogP contribution is -2.44. The smallest absolute Gasteiger partial charge is 0.0644 e. The van der Waals surface area contributed by atoms with Crippen LogP contribution in [0.1, 0.15) is 33.6 Å². The molecule has 3 heteroatoms. The molecule has 1 rings (SSSR count). The normalized spacial score (nSPS) is 24.0. The Morgan fingerprint density at radius 2 is 2.00 bits per heavy atom. The first-order valence-corrected chi connectivity index (χ1v) is 6.19. The summed E-state index contributed by atoms with van der Waals surface area (Å²) in [5, 5.41) is 13.2. The first kappa shape index (κ1) is 12.9. The molecule has 15 heavy (non-hydrogen) atoms. The fourth-order valence-corrected chi connectivity index (χ4v) is 2.11. The van der Waals surface area contributed by atoms with Crippen molar-refractivity contribution in [3.8, 4) is 0 Å². The summed E-state index contributed by atoms with van der Waals surface area (Å²) >= 11 is 0. The quantitative estimate of drug-likeness (QED) is 0.719. The van der Waals surface area contributed by atoms with E-state index in [0.717, 1.165) is 45.6 Å². The first-order chi connectivity index (χ1) is 7.03. The molecule has 1 atom stereocenters. The number of aliphatic hydroxyl groups is 1. The molecule has 0 aliphatic carbocycles. The fourth-order valence-electron chi connectivity index (χ4n) is 2.11. The molecule has 3 nitrogen and oxygen atoms in total. The zero-order chi connectivity index (χ0) is 11.3. The summed E-state index contributed by atoms with van der Waals surface area (Å²) in [5.41, 5.74) is -0.415. The Morgan fingerprint density at radius 1 is 1.40 bits per heavy atom. The van der Waals surface area contributed by atoms with Crippen LogP contribution in [0.4, 0.5) is 0 Å². The van der Waals surface area contributed by atoms with Gasteiger partial charge in [-0.15, -0.1) is 0 Å². The highest BCUT2D eigenvalue weighted by atomic mass is 16.3. The molecule has 1 fully saturated rings. The van der Waals surface area contributed by atoms with Crippen molar-refractivity contribution in [2.24, 2.45) is 5.92 Å². The van der Waals surface area contributed by atoms with E-state index in [0.29, 0.717) is 5.92 Å². The van der Waals surface area contributed by atoms with Gasteiger partial charge >= 0.3 is 0 Å². The molecule has 1 aliphatic rings. The standard InChI is InChI=1S/C12H26N2O/c1-4-13-9-11(2)10-14-7-5-12(3,15)6-8-14/h11,13,15H,4-10H2,1-3H3. The van der Waals surface area contributed by atoms with Gasteiger partial charge < -0.3 is 15.3 Å². The predicted molar refractivity (Wildman–Crippen MR) is 64.0 cm³/mol. The lowest BCUT2D eigenvalue weighted by molar-refractivity contribution is -0.00813. The van der Waals surface area contributed by atoms with Gasteiger partial charge in [0, 0.05) is 19.6 Å². The van der Waals surface area contributed by atoms with Crippen molar-refractivity contribution in [2.75, 3.05) is 32.7 Å². The van der Waals surface area contributed by atoms with Crippen molar-refractivity contribution in [3.05, 3.63) is 0 Å². The van der Waals surface area contributed by atoms with Gasteiger partial charge in [0.05, 0.1) is 5.60 Å². The summed E-state index contributed by atoms with van der Waals surface area (Å²) < 4.78 is 0. The minimum absolute atomic E-state index is 0.415. The van der Waals surface area contributed by atoms with Crippen LogP contribution in [0.2, 0.25) is 0 Å². The maximum absolute atomic E-state index is 9.83. The monoisotopic (exact) mass is 214 g/mol. The molecule has 0 radical (unpaired) electrons. The van der Waals surface area contributed by atoms with Crippen LogP contribution in [0.25, 0.3) is 0 Å². The zero-order valence-corrected chi connectivity index (χ0v) is 10.4. The van der Waals surface area contributed by atoms with E-state index in [9.17, 15) is 5.11 Å². The molecular weight excluding hydrogens is 188 g/mol. The number of piperidine rings is 1. The van der Waals surface area contributed by atoms with Crippen LogP contribution in [0.5, 0.6) is 0 Å². The molecule has 1 aliphatic heterocycles. The van der Waals surface area contributed by atoms with Crippen molar-refractivity contribution in [2.45, 2.75) is 39.2 Å². The molecule has 0 bridgehead atoms. The van der Waals surface area contributed by atoms with Gasteiger partial charge in [0.25, 0.3) is 0 Å². The van der Waals surface area contributed by atoms with Gasteiger partial charge in [-0.2, -0.15) is 0 Å². The first-order valence-electron chi connectivity index (χ1n) is 6.19. The minimum Gasteiger partial charge on any atom is -0.390 e. The average molecular weight is 214 g/mol. The van der Waals surface area contributed by atoms with E-state index >= 15 is 0 Å². The highest BCUT2D eigenvalue weighted by Gasteiger charge is 2.27. The molecule has 0 aromatic rings. The Hall–Kier alpha value is -0.120. The molecule has 90 valence electrons. The van der Waals surface area contributed by atoms with Crippen LogP contribution < -0.4 is 5.32 Å². The minimum atomic E-state index is -0.415. The van der Waals surface area contributed by atoms with E-state index in [1.54, 1.807) is 0 Å². The number of nitrogens with zero attached hydrogens (tertiary/aromatic N) is 1. The van der Waals surface area contributed by atoms with E-state index in [1.807, 2.05) is 6.92 Å². The molecule has 0 saturated carbocycles. The second-order valence-electron chi connectivity index (χ2n) is 5.21. The van der Waals surface area contributed by atoms with Gasteiger partial charge in [0.15, 0.2) is 0 Å². The molecule has 0 aromatic heterocycles. The molecule has 0 aromatic carbocycles. The second-order valence-corrected chi connectivity index (χ2v) is 5.21. The van der Waals surface area contributed by atoms with E-state index in [1.165, 1.54) is 0 Å².